The first-order valence-electron chi connectivity index (χ1n) is 9.05. The number of nitriles is 1. The SMILES string of the molecule is N#C[C@H]1CCCCC1n1cc(C(N)=O)c(Nc2ccc3c(c2)COB3O)n1. The number of anilines is 2. The Bertz CT molecular complexity index is 922. The molecular weight excluding hydrogens is 345 g/mol. The van der Waals surface area contributed by atoms with Gasteiger partial charge in [0.25, 0.3) is 5.91 Å². The van der Waals surface area contributed by atoms with E-state index < -0.39 is 13.0 Å². The quantitative estimate of drug-likeness (QED) is 0.699. The second-order valence-electron chi connectivity index (χ2n) is 7.02. The largest absolute Gasteiger partial charge is 0.491 e. The summed E-state index contributed by atoms with van der Waals surface area (Å²) in [5, 5.41) is 26.8. The van der Waals surface area contributed by atoms with Gasteiger partial charge in [-0.2, -0.15) is 10.4 Å². The zero-order valence-electron chi connectivity index (χ0n) is 14.8. The minimum Gasteiger partial charge on any atom is -0.423 e. The molecule has 2 aliphatic rings. The van der Waals surface area contributed by atoms with Crippen molar-refractivity contribution in [1.82, 2.24) is 9.78 Å². The number of nitrogens with one attached hydrogen (secondary N) is 1. The number of rotatable bonds is 4. The number of carbonyl (C=O) groups is 1. The van der Waals surface area contributed by atoms with E-state index in [4.69, 9.17) is 10.4 Å². The van der Waals surface area contributed by atoms with Crippen molar-refractivity contribution in [1.29, 1.82) is 5.26 Å². The Labute approximate surface area is 157 Å². The van der Waals surface area contributed by atoms with E-state index in [-0.39, 0.29) is 17.5 Å². The molecule has 0 radical (unpaired) electrons. The predicted molar refractivity (Wildman–Crippen MR) is 99.5 cm³/mol. The summed E-state index contributed by atoms with van der Waals surface area (Å²) in [7, 11) is -0.899. The molecule has 1 unspecified atom stereocenters. The van der Waals surface area contributed by atoms with Gasteiger partial charge < -0.3 is 20.7 Å². The van der Waals surface area contributed by atoms with Gasteiger partial charge in [0.15, 0.2) is 5.82 Å². The number of benzene rings is 1. The molecule has 1 aliphatic carbocycles. The van der Waals surface area contributed by atoms with Crippen LogP contribution in [-0.4, -0.2) is 27.8 Å². The zero-order chi connectivity index (χ0) is 19.0. The zero-order valence-corrected chi connectivity index (χ0v) is 14.8. The Kier molecular flexibility index (Phi) is 4.60. The third-order valence-corrected chi connectivity index (χ3v) is 5.30. The van der Waals surface area contributed by atoms with Gasteiger partial charge in [-0.25, -0.2) is 0 Å². The molecule has 1 amide bonds. The number of nitrogens with zero attached hydrogens (tertiary/aromatic N) is 3. The highest BCUT2D eigenvalue weighted by Crippen LogP contribution is 2.34. The summed E-state index contributed by atoms with van der Waals surface area (Å²) in [6.07, 6.45) is 5.39. The maximum atomic E-state index is 11.9. The van der Waals surface area contributed by atoms with Crippen LogP contribution in [0, 0.1) is 17.2 Å². The molecule has 2 heterocycles. The van der Waals surface area contributed by atoms with Crippen LogP contribution in [0.2, 0.25) is 0 Å². The van der Waals surface area contributed by atoms with E-state index in [9.17, 15) is 15.1 Å². The van der Waals surface area contributed by atoms with Crippen molar-refractivity contribution in [2.24, 2.45) is 11.7 Å². The lowest BCUT2D eigenvalue weighted by molar-refractivity contribution is 0.100. The van der Waals surface area contributed by atoms with E-state index in [0.29, 0.717) is 12.4 Å². The standard InChI is InChI=1S/C18H20BN5O3/c20-8-11-3-1-2-4-16(11)24-9-14(17(21)25)18(23-24)22-13-5-6-15-12(7-13)10-27-19(15)26/h5-7,9,11,16,26H,1-4,10H2,(H2,21,25)(H,22,23)/t11-,16?/m1/s1. The molecule has 4 rings (SSSR count). The van der Waals surface area contributed by atoms with Crippen LogP contribution < -0.4 is 16.5 Å². The average molecular weight is 365 g/mol. The van der Waals surface area contributed by atoms with Crippen molar-refractivity contribution in [2.75, 3.05) is 5.32 Å². The minimum absolute atomic E-state index is 0.0547. The fraction of sp³-hybridized carbons (Fsp3) is 0.389. The Balaban J connectivity index is 1.64. The van der Waals surface area contributed by atoms with Crippen molar-refractivity contribution in [3.8, 4) is 6.07 Å². The van der Waals surface area contributed by atoms with Crippen molar-refractivity contribution in [3.05, 3.63) is 35.5 Å². The van der Waals surface area contributed by atoms with E-state index in [1.807, 2.05) is 6.07 Å². The number of hydrogen-bond donors (Lipinski definition) is 3. The lowest BCUT2D eigenvalue weighted by Gasteiger charge is -2.26. The molecule has 1 aliphatic heterocycles. The minimum atomic E-state index is -0.899. The molecule has 2 aromatic rings. The monoisotopic (exact) mass is 365 g/mol. The maximum absolute atomic E-state index is 11.9. The lowest BCUT2D eigenvalue weighted by atomic mass is 9.79. The van der Waals surface area contributed by atoms with E-state index in [1.54, 1.807) is 23.0 Å². The predicted octanol–water partition coefficient (Wildman–Crippen LogP) is 1.20. The highest BCUT2D eigenvalue weighted by molar-refractivity contribution is 6.61. The molecule has 27 heavy (non-hydrogen) atoms. The van der Waals surface area contributed by atoms with Crippen LogP contribution in [0.15, 0.2) is 24.4 Å². The van der Waals surface area contributed by atoms with E-state index in [2.05, 4.69) is 16.5 Å². The Morgan fingerprint density at radius 2 is 2.26 bits per heavy atom. The molecular formula is C18H20BN5O3. The summed E-state index contributed by atoms with van der Waals surface area (Å²) in [6, 6.07) is 7.73. The van der Waals surface area contributed by atoms with Crippen LogP contribution in [0.25, 0.3) is 0 Å². The molecule has 0 bridgehead atoms. The second kappa shape index (κ2) is 7.06. The van der Waals surface area contributed by atoms with Crippen molar-refractivity contribution in [2.45, 2.75) is 38.3 Å². The maximum Gasteiger partial charge on any atom is 0.491 e. The fourth-order valence-electron chi connectivity index (χ4n) is 3.86. The molecule has 1 saturated carbocycles. The van der Waals surface area contributed by atoms with E-state index in [1.165, 1.54) is 0 Å². The van der Waals surface area contributed by atoms with Gasteiger partial charge in [0.2, 0.25) is 0 Å². The Hall–Kier alpha value is -2.83. The summed E-state index contributed by atoms with van der Waals surface area (Å²) in [4.78, 5) is 11.9. The number of fused-ring (bicyclic) bond motifs is 1. The fourth-order valence-corrected chi connectivity index (χ4v) is 3.86. The van der Waals surface area contributed by atoms with Crippen molar-refractivity contribution in [3.63, 3.8) is 0 Å². The van der Waals surface area contributed by atoms with Gasteiger partial charge >= 0.3 is 7.12 Å². The molecule has 1 aromatic heterocycles. The second-order valence-corrected chi connectivity index (χ2v) is 7.02. The summed E-state index contributed by atoms with van der Waals surface area (Å²) >= 11 is 0. The molecule has 1 fully saturated rings. The summed E-state index contributed by atoms with van der Waals surface area (Å²) < 4.78 is 6.91. The average Bonchev–Trinajstić information content (AvgIpc) is 3.25. The van der Waals surface area contributed by atoms with Gasteiger partial charge in [-0.05, 0) is 36.0 Å². The molecule has 0 spiro atoms. The van der Waals surface area contributed by atoms with Crippen LogP contribution in [0.4, 0.5) is 11.5 Å². The van der Waals surface area contributed by atoms with Crippen LogP contribution >= 0.6 is 0 Å². The third-order valence-electron chi connectivity index (χ3n) is 5.30. The van der Waals surface area contributed by atoms with Crippen LogP contribution in [0.3, 0.4) is 0 Å². The molecule has 2 atom stereocenters. The summed E-state index contributed by atoms with van der Waals surface area (Å²) in [6.45, 7) is 0.328. The van der Waals surface area contributed by atoms with Gasteiger partial charge in [0.05, 0.1) is 24.6 Å². The number of aromatic nitrogens is 2. The highest BCUT2D eigenvalue weighted by atomic mass is 16.5. The van der Waals surface area contributed by atoms with E-state index in [0.717, 1.165) is 42.4 Å². The third kappa shape index (κ3) is 3.29. The first-order chi connectivity index (χ1) is 13.1. The molecule has 8 nitrogen and oxygen atoms in total. The molecule has 4 N–H and O–H groups in total. The molecule has 138 valence electrons. The van der Waals surface area contributed by atoms with Crippen molar-refractivity contribution < 1.29 is 14.5 Å². The summed E-state index contributed by atoms with van der Waals surface area (Å²) in [5.41, 5.74) is 8.16. The van der Waals surface area contributed by atoms with Gasteiger partial charge in [-0.1, -0.05) is 18.9 Å². The van der Waals surface area contributed by atoms with Crippen molar-refractivity contribution >= 4 is 30.0 Å². The summed E-state index contributed by atoms with van der Waals surface area (Å²) in [5.74, 6) is -0.331. The molecule has 9 heteroatoms. The number of hydrogen-bond acceptors (Lipinski definition) is 6. The number of amides is 1. The van der Waals surface area contributed by atoms with Gasteiger partial charge in [-0.3, -0.25) is 9.48 Å². The van der Waals surface area contributed by atoms with Crippen LogP contribution in [-0.2, 0) is 11.3 Å². The smallest absolute Gasteiger partial charge is 0.423 e. The number of nitrogens with two attached hydrogens (primary N) is 1. The van der Waals surface area contributed by atoms with Gasteiger partial charge in [-0.15, -0.1) is 0 Å². The van der Waals surface area contributed by atoms with Crippen LogP contribution in [0.5, 0.6) is 0 Å². The normalized spacial score (nSPS) is 21.6. The number of primary amides is 1. The first kappa shape index (κ1) is 17.6. The van der Waals surface area contributed by atoms with E-state index >= 15 is 0 Å². The molecule has 1 aromatic carbocycles. The van der Waals surface area contributed by atoms with Gasteiger partial charge in [0.1, 0.15) is 5.56 Å². The van der Waals surface area contributed by atoms with Gasteiger partial charge in [0, 0.05) is 11.9 Å². The Morgan fingerprint density at radius 3 is 3.04 bits per heavy atom. The Morgan fingerprint density at radius 1 is 1.44 bits per heavy atom. The van der Waals surface area contributed by atoms with Crippen LogP contribution in [0.1, 0.15) is 47.6 Å². The molecule has 0 saturated heterocycles. The lowest BCUT2D eigenvalue weighted by Crippen LogP contribution is -2.27. The first-order valence-corrected chi connectivity index (χ1v) is 9.05. The topological polar surface area (TPSA) is 126 Å². The highest BCUT2D eigenvalue weighted by Gasteiger charge is 2.30. The number of carbonyl (C=O) groups excluding carboxylic acids is 1.